The largest absolute Gasteiger partial charge is 0.346 e. The molecular formula is C35H34ClF2N7O5S2. The number of halogens is 3. The lowest BCUT2D eigenvalue weighted by molar-refractivity contribution is -0.122. The van der Waals surface area contributed by atoms with Crippen molar-refractivity contribution in [2.45, 2.75) is 55.7 Å². The molecule has 0 saturated heterocycles. The van der Waals surface area contributed by atoms with Crippen LogP contribution in [0.4, 0.5) is 14.6 Å². The van der Waals surface area contributed by atoms with Crippen LogP contribution in [0.25, 0.3) is 22.0 Å². The predicted octanol–water partition coefficient (Wildman–Crippen LogP) is 4.94. The van der Waals surface area contributed by atoms with Crippen molar-refractivity contribution in [3.63, 3.8) is 0 Å². The monoisotopic (exact) mass is 769 g/mol. The first kappa shape index (κ1) is 36.9. The van der Waals surface area contributed by atoms with Crippen LogP contribution >= 0.6 is 11.6 Å². The third-order valence-electron chi connectivity index (χ3n) is 8.49. The van der Waals surface area contributed by atoms with Gasteiger partial charge in [-0.25, -0.2) is 30.6 Å². The number of aryl methyl sites for hydroxylation is 1. The molecule has 6 rings (SSSR count). The Morgan fingerprint density at radius 3 is 2.40 bits per heavy atom. The molecule has 1 atom stereocenters. The van der Waals surface area contributed by atoms with E-state index < -0.39 is 53.4 Å². The van der Waals surface area contributed by atoms with E-state index in [0.29, 0.717) is 34.9 Å². The summed E-state index contributed by atoms with van der Waals surface area (Å²) in [6.45, 7) is 2.89. The molecule has 0 unspecified atom stereocenters. The number of sulfone groups is 1. The minimum absolute atomic E-state index is 0.0118. The van der Waals surface area contributed by atoms with Crippen LogP contribution in [-0.2, 0) is 44.7 Å². The van der Waals surface area contributed by atoms with Gasteiger partial charge >= 0.3 is 0 Å². The molecule has 3 aromatic heterocycles. The third-order valence-corrected chi connectivity index (χ3v) is 12.2. The van der Waals surface area contributed by atoms with E-state index in [1.165, 1.54) is 29.4 Å². The SMILES string of the molecule is Cn1nc(NS(C)(=O)=O)c2c(Cl)ccc(-c3ccc(C#CC(C)(C)S(=O)(=O)C4CC4)nc3[C@H](Cc3cc(F)cc(F)c3)NC(=O)Cn3cccn3)c21. The topological polar surface area (TPSA) is 158 Å². The van der Waals surface area contributed by atoms with Gasteiger partial charge in [0.1, 0.15) is 28.6 Å². The molecule has 3 heterocycles. The maximum absolute atomic E-state index is 14.5. The highest BCUT2D eigenvalue weighted by molar-refractivity contribution is 7.93. The van der Waals surface area contributed by atoms with Gasteiger partial charge in [0.05, 0.1) is 39.2 Å². The Balaban J connectivity index is 1.55. The zero-order valence-electron chi connectivity index (χ0n) is 28.5. The minimum Gasteiger partial charge on any atom is -0.346 e. The number of hydrogen-bond acceptors (Lipinski definition) is 8. The van der Waals surface area contributed by atoms with Crippen molar-refractivity contribution in [3.8, 4) is 23.0 Å². The molecule has 1 aliphatic carbocycles. The molecule has 1 aliphatic rings. The number of sulfonamides is 1. The number of rotatable bonds is 11. The van der Waals surface area contributed by atoms with Gasteiger partial charge in [-0.05, 0) is 81.0 Å². The number of amides is 1. The summed E-state index contributed by atoms with van der Waals surface area (Å²) in [6.07, 6.45) is 5.13. The predicted molar refractivity (Wildman–Crippen MR) is 193 cm³/mol. The van der Waals surface area contributed by atoms with Gasteiger partial charge < -0.3 is 5.32 Å². The number of nitrogens with one attached hydrogen (secondary N) is 2. The van der Waals surface area contributed by atoms with E-state index in [4.69, 9.17) is 16.6 Å². The Labute approximate surface area is 304 Å². The highest BCUT2D eigenvalue weighted by Crippen LogP contribution is 2.40. The third kappa shape index (κ3) is 7.96. The number of fused-ring (bicyclic) bond motifs is 1. The minimum atomic E-state index is -3.75. The normalized spacial score (nSPS) is 14.1. The molecule has 1 amide bonds. The number of aromatic nitrogens is 5. The van der Waals surface area contributed by atoms with Crippen molar-refractivity contribution in [2.75, 3.05) is 11.0 Å². The van der Waals surface area contributed by atoms with Crippen molar-refractivity contribution >= 4 is 54.1 Å². The summed E-state index contributed by atoms with van der Waals surface area (Å²) in [7, 11) is -5.71. The first-order chi connectivity index (χ1) is 24.4. The van der Waals surface area contributed by atoms with Crippen LogP contribution in [0.3, 0.4) is 0 Å². The average Bonchev–Trinajstić information content (AvgIpc) is 3.71. The molecule has 2 aromatic carbocycles. The van der Waals surface area contributed by atoms with Crippen LogP contribution in [-0.4, -0.2) is 63.5 Å². The molecule has 5 aromatic rings. The molecule has 17 heteroatoms. The van der Waals surface area contributed by atoms with E-state index in [-0.39, 0.29) is 40.8 Å². The molecule has 272 valence electrons. The second-order valence-corrected chi connectivity index (χ2v) is 18.0. The van der Waals surface area contributed by atoms with E-state index in [1.807, 2.05) is 0 Å². The van der Waals surface area contributed by atoms with Gasteiger partial charge in [-0.2, -0.15) is 10.2 Å². The molecule has 0 aliphatic heterocycles. The smallest absolute Gasteiger partial charge is 0.242 e. The Morgan fingerprint density at radius 2 is 1.77 bits per heavy atom. The first-order valence-corrected chi connectivity index (χ1v) is 19.9. The second kappa shape index (κ2) is 13.9. The lowest BCUT2D eigenvalue weighted by Crippen LogP contribution is -2.34. The van der Waals surface area contributed by atoms with Crippen molar-refractivity contribution in [3.05, 3.63) is 94.5 Å². The Bertz CT molecular complexity index is 2470. The van der Waals surface area contributed by atoms with E-state index in [1.54, 1.807) is 43.6 Å². The van der Waals surface area contributed by atoms with Gasteiger partial charge in [-0.15, -0.1) is 0 Å². The Kier molecular flexibility index (Phi) is 9.90. The van der Waals surface area contributed by atoms with Crippen molar-refractivity contribution in [2.24, 2.45) is 7.05 Å². The molecule has 1 fully saturated rings. The van der Waals surface area contributed by atoms with Crippen LogP contribution in [0.1, 0.15) is 49.7 Å². The van der Waals surface area contributed by atoms with E-state index >= 15 is 0 Å². The zero-order valence-corrected chi connectivity index (χ0v) is 30.9. The van der Waals surface area contributed by atoms with Crippen LogP contribution < -0.4 is 10.0 Å². The number of hydrogen-bond donors (Lipinski definition) is 2. The Hall–Kier alpha value is -4.85. The quantitative estimate of drug-likeness (QED) is 0.179. The fraction of sp³-hybridized carbons (Fsp3) is 0.314. The van der Waals surface area contributed by atoms with Crippen LogP contribution in [0.15, 0.2) is 60.9 Å². The number of benzene rings is 2. The average molecular weight is 770 g/mol. The molecule has 0 bridgehead atoms. The van der Waals surface area contributed by atoms with E-state index in [0.717, 1.165) is 24.5 Å². The molecular weight excluding hydrogens is 736 g/mol. The molecule has 2 N–H and O–H groups in total. The maximum Gasteiger partial charge on any atom is 0.242 e. The highest BCUT2D eigenvalue weighted by Gasteiger charge is 2.45. The van der Waals surface area contributed by atoms with Crippen molar-refractivity contribution in [1.29, 1.82) is 0 Å². The van der Waals surface area contributed by atoms with Crippen LogP contribution in [0.2, 0.25) is 5.02 Å². The number of anilines is 1. The number of pyridine rings is 1. The summed E-state index contributed by atoms with van der Waals surface area (Å²) in [5.74, 6) is 3.64. The van der Waals surface area contributed by atoms with Crippen molar-refractivity contribution in [1.82, 2.24) is 29.9 Å². The second-order valence-electron chi connectivity index (χ2n) is 13.1. The zero-order chi connectivity index (χ0) is 37.6. The first-order valence-electron chi connectivity index (χ1n) is 16.0. The van der Waals surface area contributed by atoms with Gasteiger partial charge in [0.2, 0.25) is 15.9 Å². The summed E-state index contributed by atoms with van der Waals surface area (Å²) in [5, 5.41) is 11.4. The Morgan fingerprint density at radius 1 is 1.08 bits per heavy atom. The summed E-state index contributed by atoms with van der Waals surface area (Å²) >= 11 is 6.60. The van der Waals surface area contributed by atoms with Gasteiger partial charge in [-0.1, -0.05) is 23.6 Å². The summed E-state index contributed by atoms with van der Waals surface area (Å²) < 4.78 is 83.5. The van der Waals surface area contributed by atoms with Crippen LogP contribution in [0, 0.1) is 23.5 Å². The summed E-state index contributed by atoms with van der Waals surface area (Å²) in [4.78, 5) is 18.3. The molecule has 12 nitrogen and oxygen atoms in total. The van der Waals surface area contributed by atoms with E-state index in [9.17, 15) is 30.4 Å². The van der Waals surface area contributed by atoms with Gasteiger partial charge in [0.15, 0.2) is 15.7 Å². The van der Waals surface area contributed by atoms with Gasteiger partial charge in [0.25, 0.3) is 0 Å². The molecule has 1 saturated carbocycles. The standard InChI is InChI=1S/C35H34ClF2N7O5S2/c1-35(2,52(49,50)25-7-8-25)13-12-24-6-9-26(27-10-11-28(36)31-33(27)44(3)42-34(31)43-51(4,47)48)32(40-24)29(18-21-16-22(37)19-23(38)17-21)41-30(46)20-45-15-5-14-39-45/h5-6,9-11,14-17,19,25,29H,7-8,18,20H2,1-4H3,(H,41,46)(H,42,43)/t29-/m0/s1. The van der Waals surface area contributed by atoms with Gasteiger partial charge in [0, 0.05) is 36.6 Å². The number of carbonyl (C=O) groups is 1. The lowest BCUT2D eigenvalue weighted by atomic mass is 9.93. The molecule has 52 heavy (non-hydrogen) atoms. The molecule has 0 spiro atoms. The highest BCUT2D eigenvalue weighted by atomic mass is 35.5. The molecule has 0 radical (unpaired) electrons. The maximum atomic E-state index is 14.5. The fourth-order valence-corrected chi connectivity index (χ4v) is 8.44. The summed E-state index contributed by atoms with van der Waals surface area (Å²) in [5.41, 5.74) is 1.92. The summed E-state index contributed by atoms with van der Waals surface area (Å²) in [6, 6.07) is 10.2. The van der Waals surface area contributed by atoms with Gasteiger partial charge in [-0.3, -0.25) is 18.9 Å². The van der Waals surface area contributed by atoms with E-state index in [2.05, 4.69) is 32.1 Å². The lowest BCUT2D eigenvalue weighted by Gasteiger charge is -2.23. The fourth-order valence-electron chi connectivity index (χ4n) is 5.92. The van der Waals surface area contributed by atoms with Crippen LogP contribution in [0.5, 0.6) is 0 Å². The number of carbonyl (C=O) groups excluding carboxylic acids is 1. The van der Waals surface area contributed by atoms with Crippen molar-refractivity contribution < 1.29 is 30.4 Å². The number of nitrogens with zero attached hydrogens (tertiary/aromatic N) is 5.